The van der Waals surface area contributed by atoms with Gasteiger partial charge in [-0.15, -0.1) is 0 Å². The van der Waals surface area contributed by atoms with Crippen LogP contribution in [0.1, 0.15) is 104 Å². The number of aromatic hydroxyl groups is 1. The van der Waals surface area contributed by atoms with Gasteiger partial charge in [-0.2, -0.15) is 0 Å². The quantitative estimate of drug-likeness (QED) is 0.147. The Morgan fingerprint density at radius 1 is 0.763 bits per heavy atom. The van der Waals surface area contributed by atoms with Crippen molar-refractivity contribution in [2.75, 3.05) is 0 Å². The van der Waals surface area contributed by atoms with Crippen molar-refractivity contribution in [2.45, 2.75) is 99.3 Å². The van der Waals surface area contributed by atoms with Crippen LogP contribution in [0.15, 0.2) is 54.6 Å². The molecule has 0 aromatic heterocycles. The normalized spacial score (nSPS) is 15.1. The topological polar surface area (TPSA) is 20.2 Å². The Morgan fingerprint density at radius 3 is 2.18 bits per heavy atom. The van der Waals surface area contributed by atoms with Crippen molar-refractivity contribution in [1.29, 1.82) is 0 Å². The number of phenolic OH excluding ortho intramolecular Hbond substituents is 1. The van der Waals surface area contributed by atoms with Crippen LogP contribution in [0, 0.1) is 10.8 Å². The molecule has 0 heterocycles. The molecule has 0 aliphatic heterocycles. The zero-order valence-electron chi connectivity index (χ0n) is 24.7. The van der Waals surface area contributed by atoms with Crippen LogP contribution >= 0.6 is 0 Å². The lowest BCUT2D eigenvalue weighted by atomic mass is 9.76. The van der Waals surface area contributed by atoms with E-state index in [2.05, 4.69) is 97.0 Å². The maximum Gasteiger partial charge on any atom is 0.123 e. The van der Waals surface area contributed by atoms with Crippen molar-refractivity contribution in [1.82, 2.24) is 0 Å². The highest BCUT2D eigenvalue weighted by Crippen LogP contribution is 2.46. The molecule has 0 spiro atoms. The first-order valence-corrected chi connectivity index (χ1v) is 15.0. The second-order valence-electron chi connectivity index (χ2n) is 13.2. The minimum absolute atomic E-state index is 0.277. The van der Waals surface area contributed by atoms with E-state index in [4.69, 9.17) is 0 Å². The molecule has 5 rings (SSSR count). The maximum absolute atomic E-state index is 11.1. The van der Waals surface area contributed by atoms with Crippen LogP contribution in [-0.4, -0.2) is 5.11 Å². The monoisotopic (exact) mass is 506 g/mol. The summed E-state index contributed by atoms with van der Waals surface area (Å²) in [6.45, 7) is 16.5. The molecule has 0 saturated carbocycles. The number of unbranched alkanes of at least 4 members (excludes halogenated alkanes) is 1. The third-order valence-corrected chi connectivity index (χ3v) is 9.73. The van der Waals surface area contributed by atoms with Crippen LogP contribution in [0.4, 0.5) is 0 Å². The van der Waals surface area contributed by atoms with Gasteiger partial charge in [-0.1, -0.05) is 117 Å². The van der Waals surface area contributed by atoms with Crippen molar-refractivity contribution in [3.63, 3.8) is 0 Å². The van der Waals surface area contributed by atoms with Crippen LogP contribution in [0.3, 0.4) is 0 Å². The second-order valence-corrected chi connectivity index (χ2v) is 13.2. The standard InChI is InChI=1S/C37H46O/c1-8-11-17-37(7,10-3)23-25-18-30-28-14-12-13-26-20-27(24(4)22-36(5,6)9-2)21-31(34(26)28)29-15-16-33(38)32(19-25)35(29)30/h12-16,18-21,24,38H,8-11,17,22-23H2,1-7H3. The zero-order chi connectivity index (χ0) is 27.2. The van der Waals surface area contributed by atoms with Crippen LogP contribution in [0.5, 0.6) is 5.75 Å². The molecule has 1 heteroatoms. The number of hydrogen-bond donors (Lipinski definition) is 1. The second kappa shape index (κ2) is 10.1. The lowest BCUT2D eigenvalue weighted by Gasteiger charge is -2.29. The third kappa shape index (κ3) is 4.74. The fourth-order valence-electron chi connectivity index (χ4n) is 6.82. The molecule has 0 aliphatic rings. The summed E-state index contributed by atoms with van der Waals surface area (Å²) in [6.07, 6.45) is 8.32. The molecule has 2 atom stereocenters. The van der Waals surface area contributed by atoms with Crippen LogP contribution in [0.2, 0.25) is 0 Å². The largest absolute Gasteiger partial charge is 0.507 e. The summed E-state index contributed by atoms with van der Waals surface area (Å²) in [5.41, 5.74) is 3.36. The Balaban J connectivity index is 1.76. The van der Waals surface area contributed by atoms with E-state index in [1.54, 1.807) is 0 Å². The van der Waals surface area contributed by atoms with Crippen LogP contribution in [0.25, 0.3) is 43.1 Å². The Kier molecular flexibility index (Phi) is 7.10. The Morgan fingerprint density at radius 2 is 1.47 bits per heavy atom. The van der Waals surface area contributed by atoms with Crippen molar-refractivity contribution in [2.24, 2.45) is 10.8 Å². The highest BCUT2D eigenvalue weighted by Gasteiger charge is 2.25. The van der Waals surface area contributed by atoms with Crippen LogP contribution < -0.4 is 0 Å². The van der Waals surface area contributed by atoms with E-state index in [1.807, 2.05) is 6.07 Å². The molecular weight excluding hydrogens is 460 g/mol. The molecule has 5 aromatic rings. The van der Waals surface area contributed by atoms with Gasteiger partial charge >= 0.3 is 0 Å². The van der Waals surface area contributed by atoms with Gasteiger partial charge in [0, 0.05) is 10.8 Å². The smallest absolute Gasteiger partial charge is 0.123 e. The fraction of sp³-hybridized carbons (Fsp3) is 0.459. The molecule has 0 radical (unpaired) electrons. The number of rotatable bonds is 10. The predicted molar refractivity (Wildman–Crippen MR) is 168 cm³/mol. The molecular formula is C37H46O. The first kappa shape index (κ1) is 26.8. The highest BCUT2D eigenvalue weighted by molar-refractivity contribution is 6.33. The molecule has 200 valence electrons. The molecule has 2 unspecified atom stereocenters. The average molecular weight is 507 g/mol. The minimum Gasteiger partial charge on any atom is -0.507 e. The number of phenols is 1. The van der Waals surface area contributed by atoms with Gasteiger partial charge in [-0.3, -0.25) is 0 Å². The van der Waals surface area contributed by atoms with E-state index < -0.39 is 0 Å². The molecule has 1 N–H and O–H groups in total. The summed E-state index contributed by atoms with van der Waals surface area (Å²) in [6, 6.07) is 20.4. The molecule has 38 heavy (non-hydrogen) atoms. The first-order chi connectivity index (χ1) is 18.1. The van der Waals surface area contributed by atoms with E-state index in [1.165, 1.54) is 87.4 Å². The Bertz CT molecular complexity index is 1590. The number of hydrogen-bond acceptors (Lipinski definition) is 1. The molecule has 1 nitrogen and oxygen atoms in total. The Labute approximate surface area is 229 Å². The fourth-order valence-corrected chi connectivity index (χ4v) is 6.82. The van der Waals surface area contributed by atoms with Gasteiger partial charge in [0.15, 0.2) is 0 Å². The molecule has 0 fully saturated rings. The lowest BCUT2D eigenvalue weighted by Crippen LogP contribution is -2.18. The molecule has 0 aliphatic carbocycles. The maximum atomic E-state index is 11.1. The van der Waals surface area contributed by atoms with Crippen molar-refractivity contribution in [3.05, 3.63) is 65.7 Å². The van der Waals surface area contributed by atoms with Gasteiger partial charge in [0.2, 0.25) is 0 Å². The molecule has 0 bridgehead atoms. The van der Waals surface area contributed by atoms with Gasteiger partial charge in [0.05, 0.1) is 0 Å². The van der Waals surface area contributed by atoms with Gasteiger partial charge in [-0.25, -0.2) is 0 Å². The summed E-state index contributed by atoms with van der Waals surface area (Å²) in [5, 5.41) is 21.2. The van der Waals surface area contributed by atoms with E-state index in [9.17, 15) is 5.11 Å². The lowest BCUT2D eigenvalue weighted by molar-refractivity contribution is 0.273. The zero-order valence-corrected chi connectivity index (χ0v) is 24.7. The first-order valence-electron chi connectivity index (χ1n) is 15.0. The molecule has 0 saturated heterocycles. The van der Waals surface area contributed by atoms with Crippen LogP contribution in [-0.2, 0) is 6.42 Å². The van der Waals surface area contributed by atoms with Crippen molar-refractivity contribution in [3.8, 4) is 5.75 Å². The summed E-state index contributed by atoms with van der Waals surface area (Å²) in [4.78, 5) is 0. The highest BCUT2D eigenvalue weighted by atomic mass is 16.3. The summed E-state index contributed by atoms with van der Waals surface area (Å²) in [7, 11) is 0. The SMILES string of the molecule is CCCCC(C)(CC)Cc1cc2c(O)ccc3c4cc(C(C)CC(C)(C)CC)cc5cccc(c(c1)c23)c54. The summed E-state index contributed by atoms with van der Waals surface area (Å²) in [5.74, 6) is 0.879. The van der Waals surface area contributed by atoms with Gasteiger partial charge < -0.3 is 5.11 Å². The average Bonchev–Trinajstić information content (AvgIpc) is 2.90. The number of fused-ring (bicyclic) bond motifs is 2. The summed E-state index contributed by atoms with van der Waals surface area (Å²) < 4.78 is 0. The van der Waals surface area contributed by atoms with Gasteiger partial charge in [0.1, 0.15) is 5.75 Å². The minimum atomic E-state index is 0.277. The van der Waals surface area contributed by atoms with Gasteiger partial charge in [-0.05, 0) is 91.6 Å². The Hall–Kier alpha value is -2.80. The van der Waals surface area contributed by atoms with E-state index >= 15 is 0 Å². The van der Waals surface area contributed by atoms with Crippen molar-refractivity contribution < 1.29 is 5.11 Å². The number of benzene rings is 5. The van der Waals surface area contributed by atoms with Gasteiger partial charge in [0.25, 0.3) is 0 Å². The van der Waals surface area contributed by atoms with E-state index in [-0.39, 0.29) is 5.41 Å². The summed E-state index contributed by atoms with van der Waals surface area (Å²) >= 11 is 0. The molecule has 0 amide bonds. The van der Waals surface area contributed by atoms with E-state index in [0.29, 0.717) is 17.1 Å². The van der Waals surface area contributed by atoms with E-state index in [0.717, 1.165) is 11.8 Å². The third-order valence-electron chi connectivity index (χ3n) is 9.73. The predicted octanol–water partition coefficient (Wildman–Crippen LogP) is 11.5. The molecule has 5 aromatic carbocycles. The van der Waals surface area contributed by atoms with Crippen molar-refractivity contribution >= 4 is 43.1 Å².